The molecule has 0 aliphatic heterocycles. The van der Waals surface area contributed by atoms with Gasteiger partial charge >= 0.3 is 5.91 Å². The van der Waals surface area contributed by atoms with Crippen molar-refractivity contribution < 1.29 is 14.6 Å². The first-order valence-electron chi connectivity index (χ1n) is 6.79. The quantitative estimate of drug-likeness (QED) is 0.448. The van der Waals surface area contributed by atoms with E-state index in [4.69, 9.17) is 11.6 Å². The summed E-state index contributed by atoms with van der Waals surface area (Å²) in [5.74, 6) is -0.252. The third-order valence-corrected chi connectivity index (χ3v) is 4.69. The highest BCUT2D eigenvalue weighted by Crippen LogP contribution is 2.29. The van der Waals surface area contributed by atoms with Crippen LogP contribution in [-0.4, -0.2) is 34.3 Å². The summed E-state index contributed by atoms with van der Waals surface area (Å²) in [5, 5.41) is 12.4. The number of hydrogen-bond acceptors (Lipinski definition) is 3. The Morgan fingerprint density at radius 3 is 2.77 bits per heavy atom. The van der Waals surface area contributed by atoms with E-state index in [9.17, 15) is 10.0 Å². The van der Waals surface area contributed by atoms with Crippen LogP contribution in [0.25, 0.3) is 16.0 Å². The van der Waals surface area contributed by atoms with Gasteiger partial charge in [-0.15, -0.1) is 16.0 Å². The van der Waals surface area contributed by atoms with Crippen LogP contribution in [-0.2, 0) is 11.2 Å². The minimum Gasteiger partial charge on any atom is -0.310 e. The lowest BCUT2D eigenvalue weighted by Gasteiger charge is -2.15. The second-order valence-corrected chi connectivity index (χ2v) is 6.97. The zero-order chi connectivity index (χ0) is 15.9. The molecule has 0 fully saturated rings. The third kappa shape index (κ3) is 2.94. The fourth-order valence-electron chi connectivity index (χ4n) is 2.24. The van der Waals surface area contributed by atoms with Crippen LogP contribution < -0.4 is 0 Å². The maximum absolute atomic E-state index is 12.0. The molecule has 2 heterocycles. The Hall–Kier alpha value is -1.66. The summed E-state index contributed by atoms with van der Waals surface area (Å²) in [4.78, 5) is 13.0. The van der Waals surface area contributed by atoms with Crippen molar-refractivity contribution in [1.82, 2.24) is 4.40 Å². The number of amides is 1. The molecule has 6 heteroatoms. The van der Waals surface area contributed by atoms with Crippen molar-refractivity contribution in [2.45, 2.75) is 6.42 Å². The first kappa shape index (κ1) is 15.2. The minimum absolute atomic E-state index is 0.188. The van der Waals surface area contributed by atoms with E-state index in [1.807, 2.05) is 40.2 Å². The standard InChI is InChI=1S/C16H16ClN2O2S/c1-19(2,21)16(20)8-14-10-22-15-7-12(9-18(14)15)11-4-3-5-13(17)6-11/h3-7,9-10,21H,8H2,1-2H3/q+1. The second kappa shape index (κ2) is 5.52. The molecule has 0 saturated carbocycles. The van der Waals surface area contributed by atoms with Crippen molar-refractivity contribution in [3.8, 4) is 11.1 Å². The average Bonchev–Trinajstić information content (AvgIpc) is 2.99. The van der Waals surface area contributed by atoms with Gasteiger partial charge in [0, 0.05) is 27.9 Å². The molecule has 0 unspecified atom stereocenters. The monoisotopic (exact) mass is 335 g/mol. The molecule has 2 aromatic heterocycles. The number of thiazole rings is 1. The Morgan fingerprint density at radius 2 is 2.09 bits per heavy atom. The van der Waals surface area contributed by atoms with Crippen LogP contribution in [0.3, 0.4) is 0 Å². The Bertz CT molecular complexity index is 845. The summed E-state index contributed by atoms with van der Waals surface area (Å²) in [5.41, 5.74) is 2.97. The summed E-state index contributed by atoms with van der Waals surface area (Å²) >= 11 is 7.61. The highest BCUT2D eigenvalue weighted by Gasteiger charge is 2.25. The molecule has 114 valence electrons. The number of likely N-dealkylation sites (N-methyl/N-ethyl adjacent to an activating group) is 1. The zero-order valence-electron chi connectivity index (χ0n) is 12.3. The summed E-state index contributed by atoms with van der Waals surface area (Å²) in [6.45, 7) is 0. The van der Waals surface area contributed by atoms with E-state index < -0.39 is 4.65 Å². The molecule has 22 heavy (non-hydrogen) atoms. The number of benzene rings is 1. The largest absolute Gasteiger partial charge is 0.351 e. The zero-order valence-corrected chi connectivity index (χ0v) is 13.9. The van der Waals surface area contributed by atoms with Crippen LogP contribution in [0.2, 0.25) is 5.02 Å². The number of quaternary nitrogens is 1. The van der Waals surface area contributed by atoms with Gasteiger partial charge in [-0.3, -0.25) is 0 Å². The number of carbonyl (C=O) groups is 1. The number of nitrogens with zero attached hydrogens (tertiary/aromatic N) is 2. The van der Waals surface area contributed by atoms with Gasteiger partial charge in [0.15, 0.2) is 0 Å². The van der Waals surface area contributed by atoms with E-state index in [-0.39, 0.29) is 12.3 Å². The van der Waals surface area contributed by atoms with Crippen LogP contribution in [0.1, 0.15) is 5.69 Å². The maximum atomic E-state index is 12.0. The third-order valence-electron chi connectivity index (χ3n) is 3.51. The summed E-state index contributed by atoms with van der Waals surface area (Å²) in [7, 11) is 2.91. The lowest BCUT2D eigenvalue weighted by atomic mass is 10.1. The van der Waals surface area contributed by atoms with Gasteiger partial charge in [-0.1, -0.05) is 23.7 Å². The molecule has 0 spiro atoms. The molecule has 3 aromatic rings. The number of aromatic nitrogens is 1. The van der Waals surface area contributed by atoms with Gasteiger partial charge in [0.1, 0.15) is 20.5 Å². The molecular weight excluding hydrogens is 320 g/mol. The molecule has 1 N–H and O–H groups in total. The lowest BCUT2D eigenvalue weighted by Crippen LogP contribution is -2.43. The van der Waals surface area contributed by atoms with Crippen molar-refractivity contribution in [3.63, 3.8) is 0 Å². The lowest BCUT2D eigenvalue weighted by molar-refractivity contribution is -1.01. The Labute approximate surface area is 137 Å². The van der Waals surface area contributed by atoms with Crippen LogP contribution in [0.5, 0.6) is 0 Å². The van der Waals surface area contributed by atoms with E-state index in [1.165, 1.54) is 14.1 Å². The molecule has 0 aliphatic rings. The minimum atomic E-state index is -0.667. The fourth-order valence-corrected chi connectivity index (χ4v) is 3.37. The van der Waals surface area contributed by atoms with Crippen molar-refractivity contribution in [3.05, 3.63) is 52.6 Å². The Balaban J connectivity index is 1.97. The van der Waals surface area contributed by atoms with Crippen molar-refractivity contribution in [1.29, 1.82) is 0 Å². The van der Waals surface area contributed by atoms with E-state index >= 15 is 0 Å². The molecule has 0 saturated heterocycles. The number of carbonyl (C=O) groups excluding carboxylic acids is 1. The molecule has 0 aliphatic carbocycles. The van der Waals surface area contributed by atoms with Crippen LogP contribution in [0.4, 0.5) is 0 Å². The predicted octanol–water partition coefficient (Wildman–Crippen LogP) is 3.86. The first-order chi connectivity index (χ1) is 10.3. The number of hydrogen-bond donors (Lipinski definition) is 1. The molecule has 0 radical (unpaired) electrons. The Morgan fingerprint density at radius 1 is 1.32 bits per heavy atom. The molecule has 0 bridgehead atoms. The second-order valence-electron chi connectivity index (χ2n) is 5.64. The number of hydroxylamine groups is 3. The molecule has 4 nitrogen and oxygen atoms in total. The van der Waals surface area contributed by atoms with Gasteiger partial charge in [-0.05, 0) is 23.8 Å². The normalized spacial score (nSPS) is 12.0. The van der Waals surface area contributed by atoms with Gasteiger partial charge in [0.2, 0.25) is 0 Å². The molecule has 3 rings (SSSR count). The molecule has 1 amide bonds. The highest BCUT2D eigenvalue weighted by molar-refractivity contribution is 7.15. The van der Waals surface area contributed by atoms with Gasteiger partial charge in [-0.2, -0.15) is 0 Å². The van der Waals surface area contributed by atoms with Gasteiger partial charge in [-0.25, -0.2) is 10.0 Å². The van der Waals surface area contributed by atoms with E-state index in [0.717, 1.165) is 21.7 Å². The van der Waals surface area contributed by atoms with Crippen LogP contribution in [0.15, 0.2) is 41.9 Å². The smallest absolute Gasteiger partial charge is 0.310 e. The number of halogens is 1. The van der Waals surface area contributed by atoms with Crippen molar-refractivity contribution >= 4 is 33.7 Å². The van der Waals surface area contributed by atoms with Crippen LogP contribution in [0, 0.1) is 0 Å². The van der Waals surface area contributed by atoms with Gasteiger partial charge < -0.3 is 4.40 Å². The summed E-state index contributed by atoms with van der Waals surface area (Å²) in [6, 6.07) is 9.75. The van der Waals surface area contributed by atoms with Crippen molar-refractivity contribution in [2.24, 2.45) is 0 Å². The average molecular weight is 336 g/mol. The molecule has 0 atom stereocenters. The van der Waals surface area contributed by atoms with E-state index in [1.54, 1.807) is 11.3 Å². The summed E-state index contributed by atoms with van der Waals surface area (Å²) in [6.07, 6.45) is 2.19. The number of rotatable bonds is 3. The van der Waals surface area contributed by atoms with Gasteiger partial charge in [0.25, 0.3) is 0 Å². The first-order valence-corrected chi connectivity index (χ1v) is 8.05. The Kier molecular flexibility index (Phi) is 3.82. The SMILES string of the molecule is C[N+](C)(O)C(=O)Cc1csc2cc(-c3cccc(Cl)c3)cn12. The van der Waals surface area contributed by atoms with E-state index in [2.05, 4.69) is 6.07 Å². The molecule has 1 aromatic carbocycles. The highest BCUT2D eigenvalue weighted by atomic mass is 35.5. The predicted molar refractivity (Wildman–Crippen MR) is 88.3 cm³/mol. The van der Waals surface area contributed by atoms with Gasteiger partial charge in [0.05, 0.1) is 4.83 Å². The van der Waals surface area contributed by atoms with E-state index in [0.29, 0.717) is 5.02 Å². The van der Waals surface area contributed by atoms with Crippen molar-refractivity contribution in [2.75, 3.05) is 14.1 Å². The maximum Gasteiger partial charge on any atom is 0.351 e. The number of fused-ring (bicyclic) bond motifs is 1. The fraction of sp³-hybridized carbons (Fsp3) is 0.188. The van der Waals surface area contributed by atoms with Crippen LogP contribution >= 0.6 is 22.9 Å². The summed E-state index contributed by atoms with van der Waals surface area (Å²) < 4.78 is 1.33. The topological polar surface area (TPSA) is 41.7 Å². The molecular formula is C16H16ClN2O2S+.